The molecule has 0 saturated carbocycles. The van der Waals surface area contributed by atoms with E-state index in [1.54, 1.807) is 7.11 Å². The van der Waals surface area contributed by atoms with Crippen molar-refractivity contribution in [2.24, 2.45) is 0 Å². The Kier molecular flexibility index (Phi) is 5.41. The Labute approximate surface area is 166 Å². The number of benzene rings is 4. The van der Waals surface area contributed by atoms with Crippen LogP contribution in [0.15, 0.2) is 91.0 Å². The Morgan fingerprint density at radius 3 is 2.36 bits per heavy atom. The van der Waals surface area contributed by atoms with Crippen LogP contribution in [0.4, 0.5) is 0 Å². The number of ether oxygens (including phenoxy) is 1. The fourth-order valence-corrected chi connectivity index (χ4v) is 3.65. The van der Waals surface area contributed by atoms with Crippen LogP contribution in [0, 0.1) is 0 Å². The van der Waals surface area contributed by atoms with Crippen LogP contribution in [0.3, 0.4) is 0 Å². The second-order valence-electron chi connectivity index (χ2n) is 7.10. The summed E-state index contributed by atoms with van der Waals surface area (Å²) in [6.07, 6.45) is 0. The summed E-state index contributed by atoms with van der Waals surface area (Å²) < 4.78 is 5.26. The van der Waals surface area contributed by atoms with Crippen molar-refractivity contribution < 1.29 is 4.74 Å². The SMILES string of the molecule is COc1ccc(-c2cccc(CN[C@H](C)c3cccc4ccccc34)c2)cc1. The molecule has 0 heterocycles. The van der Waals surface area contributed by atoms with E-state index in [0.717, 1.165) is 12.3 Å². The molecule has 0 bridgehead atoms. The Bertz CT molecular complexity index is 1060. The summed E-state index contributed by atoms with van der Waals surface area (Å²) in [6, 6.07) is 32.3. The van der Waals surface area contributed by atoms with Crippen molar-refractivity contribution in [2.45, 2.75) is 19.5 Å². The maximum atomic E-state index is 5.26. The minimum atomic E-state index is 0.274. The van der Waals surface area contributed by atoms with Crippen LogP contribution in [0.2, 0.25) is 0 Å². The number of methoxy groups -OCH3 is 1. The summed E-state index contributed by atoms with van der Waals surface area (Å²) in [4.78, 5) is 0. The van der Waals surface area contributed by atoms with Crippen LogP contribution in [0.5, 0.6) is 5.75 Å². The van der Waals surface area contributed by atoms with E-state index in [9.17, 15) is 0 Å². The molecule has 0 fully saturated rings. The minimum absolute atomic E-state index is 0.274. The van der Waals surface area contributed by atoms with Crippen molar-refractivity contribution >= 4 is 10.8 Å². The average Bonchev–Trinajstić information content (AvgIpc) is 2.77. The number of nitrogens with one attached hydrogen (secondary N) is 1. The van der Waals surface area contributed by atoms with Crippen LogP contribution < -0.4 is 10.1 Å². The molecule has 140 valence electrons. The maximum absolute atomic E-state index is 5.26. The average molecular weight is 367 g/mol. The lowest BCUT2D eigenvalue weighted by Crippen LogP contribution is -2.18. The number of rotatable bonds is 6. The van der Waals surface area contributed by atoms with Crippen LogP contribution in [0.1, 0.15) is 24.1 Å². The van der Waals surface area contributed by atoms with Gasteiger partial charge in [-0.3, -0.25) is 0 Å². The molecule has 2 nitrogen and oxygen atoms in total. The van der Waals surface area contributed by atoms with Crippen molar-refractivity contribution in [3.05, 3.63) is 102 Å². The highest BCUT2D eigenvalue weighted by Gasteiger charge is 2.09. The number of fused-ring (bicyclic) bond motifs is 1. The topological polar surface area (TPSA) is 21.3 Å². The molecule has 1 atom stereocenters. The highest BCUT2D eigenvalue weighted by Crippen LogP contribution is 2.26. The number of hydrogen-bond acceptors (Lipinski definition) is 2. The molecule has 4 aromatic rings. The predicted molar refractivity (Wildman–Crippen MR) is 118 cm³/mol. The molecule has 0 amide bonds. The van der Waals surface area contributed by atoms with E-state index < -0.39 is 0 Å². The monoisotopic (exact) mass is 367 g/mol. The van der Waals surface area contributed by atoms with Gasteiger partial charge in [-0.25, -0.2) is 0 Å². The van der Waals surface area contributed by atoms with Crippen LogP contribution in [-0.4, -0.2) is 7.11 Å². The van der Waals surface area contributed by atoms with Crippen LogP contribution in [-0.2, 0) is 6.54 Å². The first-order valence-corrected chi connectivity index (χ1v) is 9.69. The summed E-state index contributed by atoms with van der Waals surface area (Å²) in [5, 5.41) is 6.29. The largest absolute Gasteiger partial charge is 0.497 e. The first-order valence-electron chi connectivity index (χ1n) is 9.69. The lowest BCUT2D eigenvalue weighted by molar-refractivity contribution is 0.415. The van der Waals surface area contributed by atoms with Crippen LogP contribution >= 0.6 is 0 Å². The van der Waals surface area contributed by atoms with Gasteiger partial charge in [0.15, 0.2) is 0 Å². The predicted octanol–water partition coefficient (Wildman–Crippen LogP) is 6.37. The van der Waals surface area contributed by atoms with Gasteiger partial charge in [0.05, 0.1) is 7.11 Å². The second kappa shape index (κ2) is 8.28. The van der Waals surface area contributed by atoms with E-state index in [0.29, 0.717) is 0 Å². The Hall–Kier alpha value is -3.10. The molecule has 0 saturated heterocycles. The van der Waals surface area contributed by atoms with Gasteiger partial charge in [-0.15, -0.1) is 0 Å². The molecule has 0 aromatic heterocycles. The molecular weight excluding hydrogens is 342 g/mol. The van der Waals surface area contributed by atoms with Gasteiger partial charge >= 0.3 is 0 Å². The van der Waals surface area contributed by atoms with E-state index in [1.165, 1.54) is 33.0 Å². The van der Waals surface area contributed by atoms with Crippen molar-refractivity contribution in [3.63, 3.8) is 0 Å². The third kappa shape index (κ3) is 3.92. The third-order valence-corrected chi connectivity index (χ3v) is 5.25. The zero-order valence-electron chi connectivity index (χ0n) is 16.4. The Morgan fingerprint density at radius 1 is 0.786 bits per heavy atom. The van der Waals surface area contributed by atoms with Gasteiger partial charge in [-0.2, -0.15) is 0 Å². The molecular formula is C26H25NO. The highest BCUT2D eigenvalue weighted by atomic mass is 16.5. The first kappa shape index (κ1) is 18.3. The molecule has 4 rings (SSSR count). The minimum Gasteiger partial charge on any atom is -0.497 e. The van der Waals surface area contributed by atoms with Crippen molar-refractivity contribution in [1.82, 2.24) is 5.32 Å². The summed E-state index contributed by atoms with van der Waals surface area (Å²) in [5.74, 6) is 0.880. The van der Waals surface area contributed by atoms with E-state index >= 15 is 0 Å². The Balaban J connectivity index is 1.50. The lowest BCUT2D eigenvalue weighted by Gasteiger charge is -2.17. The fourth-order valence-electron chi connectivity index (χ4n) is 3.65. The molecule has 0 radical (unpaired) electrons. The molecule has 0 spiro atoms. The van der Waals surface area contributed by atoms with Gasteiger partial charge in [0, 0.05) is 12.6 Å². The Morgan fingerprint density at radius 2 is 1.54 bits per heavy atom. The smallest absolute Gasteiger partial charge is 0.118 e. The van der Waals surface area contributed by atoms with Gasteiger partial charge < -0.3 is 10.1 Å². The molecule has 1 N–H and O–H groups in total. The van der Waals surface area contributed by atoms with E-state index in [1.807, 2.05) is 12.1 Å². The second-order valence-corrected chi connectivity index (χ2v) is 7.10. The van der Waals surface area contributed by atoms with E-state index in [-0.39, 0.29) is 6.04 Å². The van der Waals surface area contributed by atoms with E-state index in [2.05, 4.69) is 91.1 Å². The standard InChI is InChI=1S/C26H25NO/c1-19(25-12-6-9-22-8-3-4-11-26(22)25)27-18-20-7-5-10-23(17-20)21-13-15-24(28-2)16-14-21/h3-17,19,27H,18H2,1-2H3/t19-/m1/s1. The van der Waals surface area contributed by atoms with Crippen molar-refractivity contribution in [3.8, 4) is 16.9 Å². The molecule has 0 aliphatic carbocycles. The zero-order valence-corrected chi connectivity index (χ0v) is 16.4. The van der Waals surface area contributed by atoms with Gasteiger partial charge in [-0.05, 0) is 58.1 Å². The highest BCUT2D eigenvalue weighted by molar-refractivity contribution is 5.86. The summed E-state index contributed by atoms with van der Waals surface area (Å²) in [5.41, 5.74) is 5.04. The molecule has 28 heavy (non-hydrogen) atoms. The zero-order chi connectivity index (χ0) is 19.3. The molecule has 2 heteroatoms. The summed E-state index contributed by atoms with van der Waals surface area (Å²) in [7, 11) is 1.69. The van der Waals surface area contributed by atoms with Crippen LogP contribution in [0.25, 0.3) is 21.9 Å². The van der Waals surface area contributed by atoms with Crippen molar-refractivity contribution in [2.75, 3.05) is 7.11 Å². The lowest BCUT2D eigenvalue weighted by atomic mass is 9.99. The van der Waals surface area contributed by atoms with Gasteiger partial charge in [-0.1, -0.05) is 72.8 Å². The van der Waals surface area contributed by atoms with Gasteiger partial charge in [0.1, 0.15) is 5.75 Å². The van der Waals surface area contributed by atoms with Crippen molar-refractivity contribution in [1.29, 1.82) is 0 Å². The molecule has 0 aliphatic heterocycles. The molecule has 0 aliphatic rings. The van der Waals surface area contributed by atoms with E-state index in [4.69, 9.17) is 4.74 Å². The number of hydrogen-bond donors (Lipinski definition) is 1. The summed E-state index contributed by atoms with van der Waals surface area (Å²) >= 11 is 0. The van der Waals surface area contributed by atoms with Gasteiger partial charge in [0.2, 0.25) is 0 Å². The fraction of sp³-hybridized carbons (Fsp3) is 0.154. The van der Waals surface area contributed by atoms with Gasteiger partial charge in [0.25, 0.3) is 0 Å². The third-order valence-electron chi connectivity index (χ3n) is 5.25. The first-order chi connectivity index (χ1) is 13.7. The maximum Gasteiger partial charge on any atom is 0.118 e. The summed E-state index contributed by atoms with van der Waals surface area (Å²) in [6.45, 7) is 3.06. The molecule has 0 unspecified atom stereocenters. The quantitative estimate of drug-likeness (QED) is 0.428. The molecule has 4 aromatic carbocycles. The normalized spacial score (nSPS) is 12.1.